The molecule has 9 rings (SSSR count). The molecule has 0 aliphatic rings. The van der Waals surface area contributed by atoms with Gasteiger partial charge >= 0.3 is 0 Å². The van der Waals surface area contributed by atoms with E-state index in [1.54, 1.807) is 0 Å². The molecule has 0 bridgehead atoms. The van der Waals surface area contributed by atoms with Crippen LogP contribution in [0.15, 0.2) is 140 Å². The molecule has 3 heteroatoms. The zero-order chi connectivity index (χ0) is 28.5. The summed E-state index contributed by atoms with van der Waals surface area (Å²) in [6.07, 6.45) is 0. The van der Waals surface area contributed by atoms with Crippen LogP contribution < -0.4 is 0 Å². The lowest BCUT2D eigenvalue weighted by atomic mass is 9.92. The maximum Gasteiger partial charge on any atom is 0.187 e. The quantitative estimate of drug-likeness (QED) is 0.120. The number of para-hydroxylation sites is 1. The minimum atomic E-state index is 0.642. The van der Waals surface area contributed by atoms with E-state index in [4.69, 9.17) is 11.6 Å². The van der Waals surface area contributed by atoms with Crippen LogP contribution >= 0.6 is 0 Å². The van der Waals surface area contributed by atoms with E-state index in [9.17, 15) is 0 Å². The van der Waals surface area contributed by atoms with Gasteiger partial charge in [-0.25, -0.2) is 9.83 Å². The average Bonchev–Trinajstić information content (AvgIpc) is 3.41. The molecule has 3 nitrogen and oxygen atoms in total. The highest BCUT2D eigenvalue weighted by atomic mass is 15.0. The second kappa shape index (κ2) is 9.01. The number of rotatable bonds is 2. The number of nitrogens with zero attached hydrogens (tertiary/aromatic N) is 3. The topological polar surface area (TPSA) is 22.2 Å². The molecule has 0 radical (unpaired) electrons. The molecule has 7 aromatic carbocycles. The summed E-state index contributed by atoms with van der Waals surface area (Å²) in [6.45, 7) is 7.37. The van der Waals surface area contributed by atoms with Gasteiger partial charge < -0.3 is 4.57 Å². The van der Waals surface area contributed by atoms with E-state index in [0.29, 0.717) is 5.69 Å². The van der Waals surface area contributed by atoms with Gasteiger partial charge in [-0.15, -0.1) is 0 Å². The minimum absolute atomic E-state index is 0.642. The smallest absolute Gasteiger partial charge is 0.187 e. The molecule has 0 saturated heterocycles. The zero-order valence-electron chi connectivity index (χ0n) is 23.1. The van der Waals surface area contributed by atoms with Crippen molar-refractivity contribution in [2.75, 3.05) is 0 Å². The summed E-state index contributed by atoms with van der Waals surface area (Å²) in [7, 11) is 0. The van der Waals surface area contributed by atoms with Crippen molar-refractivity contribution in [2.24, 2.45) is 0 Å². The van der Waals surface area contributed by atoms with Crippen molar-refractivity contribution in [1.82, 2.24) is 9.55 Å². The number of aromatic nitrogens is 2. The van der Waals surface area contributed by atoms with E-state index in [1.165, 1.54) is 32.7 Å². The number of pyridine rings is 1. The Labute approximate surface area is 247 Å². The third-order valence-electron chi connectivity index (χ3n) is 8.76. The van der Waals surface area contributed by atoms with Gasteiger partial charge in [0.25, 0.3) is 0 Å². The largest absolute Gasteiger partial charge is 0.309 e. The van der Waals surface area contributed by atoms with Gasteiger partial charge in [0, 0.05) is 43.6 Å². The molecule has 0 fully saturated rings. The van der Waals surface area contributed by atoms with Crippen LogP contribution in [0.4, 0.5) is 5.69 Å². The van der Waals surface area contributed by atoms with Crippen molar-refractivity contribution in [1.29, 1.82) is 0 Å². The molecule has 43 heavy (non-hydrogen) atoms. The van der Waals surface area contributed by atoms with Crippen LogP contribution in [-0.2, 0) is 0 Å². The fourth-order valence-corrected chi connectivity index (χ4v) is 6.81. The maximum atomic E-state index is 7.37. The van der Waals surface area contributed by atoms with Crippen LogP contribution in [0.5, 0.6) is 0 Å². The summed E-state index contributed by atoms with van der Waals surface area (Å²) in [5.41, 5.74) is 8.40. The summed E-state index contributed by atoms with van der Waals surface area (Å²) in [5.74, 6) is 0. The van der Waals surface area contributed by atoms with E-state index in [-0.39, 0.29) is 0 Å². The van der Waals surface area contributed by atoms with Gasteiger partial charge in [-0.05, 0) is 46.7 Å². The molecule has 0 N–H and O–H groups in total. The first-order chi connectivity index (χ1) is 21.3. The Balaban J connectivity index is 1.41. The molecule has 0 amide bonds. The van der Waals surface area contributed by atoms with Crippen molar-refractivity contribution in [3.63, 3.8) is 0 Å². The number of fused-ring (bicyclic) bond motifs is 9. The maximum absolute atomic E-state index is 7.37. The molecular weight excluding hydrogens is 522 g/mol. The predicted molar refractivity (Wildman–Crippen MR) is 180 cm³/mol. The van der Waals surface area contributed by atoms with Crippen LogP contribution in [-0.4, -0.2) is 9.55 Å². The van der Waals surface area contributed by atoms with Gasteiger partial charge in [0.05, 0.1) is 28.6 Å². The van der Waals surface area contributed by atoms with Gasteiger partial charge in [0.2, 0.25) is 0 Å². The Kier molecular flexibility index (Phi) is 4.97. The Morgan fingerprint density at radius 2 is 1.07 bits per heavy atom. The van der Waals surface area contributed by atoms with Crippen molar-refractivity contribution in [2.45, 2.75) is 0 Å². The van der Waals surface area contributed by atoms with Crippen LogP contribution in [0.1, 0.15) is 0 Å². The van der Waals surface area contributed by atoms with E-state index in [1.807, 2.05) is 24.3 Å². The van der Waals surface area contributed by atoms with Crippen molar-refractivity contribution >= 4 is 70.8 Å². The molecule has 2 aromatic heterocycles. The first-order valence-electron chi connectivity index (χ1n) is 14.4. The molecule has 198 valence electrons. The van der Waals surface area contributed by atoms with Gasteiger partial charge in [0.1, 0.15) is 0 Å². The first-order valence-corrected chi connectivity index (χ1v) is 14.4. The Morgan fingerprint density at radius 1 is 0.488 bits per heavy atom. The van der Waals surface area contributed by atoms with Gasteiger partial charge in [-0.1, -0.05) is 109 Å². The van der Waals surface area contributed by atoms with Gasteiger partial charge in [0.15, 0.2) is 5.69 Å². The normalized spacial score (nSPS) is 11.7. The molecule has 9 aromatic rings. The molecule has 0 spiro atoms. The highest BCUT2D eigenvalue weighted by molar-refractivity contribution is 6.22. The Hall–Kier alpha value is -5.98. The Morgan fingerprint density at radius 3 is 1.72 bits per heavy atom. The van der Waals surface area contributed by atoms with Gasteiger partial charge in [-0.3, -0.25) is 0 Å². The zero-order valence-corrected chi connectivity index (χ0v) is 23.1. The van der Waals surface area contributed by atoms with Crippen LogP contribution in [0.2, 0.25) is 0 Å². The third kappa shape index (κ3) is 3.44. The van der Waals surface area contributed by atoms with Crippen LogP contribution in [0.25, 0.3) is 86.8 Å². The molecule has 0 saturated carbocycles. The SMILES string of the molecule is [C-]#[N+]c1ccc(-n2c3ccccc3c3cc(-c4c5ccc6ccccc6c5nc5c4ccc4ccccc45)ccc32)cc1. The Bertz CT molecular complexity index is 2520. The highest BCUT2D eigenvalue weighted by Gasteiger charge is 2.18. The lowest BCUT2D eigenvalue weighted by molar-refractivity contribution is 1.18. The van der Waals surface area contributed by atoms with E-state index >= 15 is 0 Å². The lowest BCUT2D eigenvalue weighted by Gasteiger charge is -2.15. The summed E-state index contributed by atoms with van der Waals surface area (Å²) in [5, 5.41) is 9.41. The molecule has 0 atom stereocenters. The second-order valence-corrected chi connectivity index (χ2v) is 11.1. The summed E-state index contributed by atoms with van der Waals surface area (Å²) in [6, 6.07) is 49.2. The highest BCUT2D eigenvalue weighted by Crippen LogP contribution is 2.42. The fourth-order valence-electron chi connectivity index (χ4n) is 6.81. The van der Waals surface area contributed by atoms with Gasteiger partial charge in [-0.2, -0.15) is 0 Å². The summed E-state index contributed by atoms with van der Waals surface area (Å²) < 4.78 is 2.30. The molecule has 2 heterocycles. The van der Waals surface area contributed by atoms with Crippen LogP contribution in [0.3, 0.4) is 0 Å². The average molecular weight is 546 g/mol. The van der Waals surface area contributed by atoms with Crippen molar-refractivity contribution < 1.29 is 0 Å². The van der Waals surface area contributed by atoms with Crippen molar-refractivity contribution in [3.8, 4) is 16.8 Å². The predicted octanol–water partition coefficient (Wildman–Crippen LogP) is 11.0. The van der Waals surface area contributed by atoms with E-state index < -0.39 is 0 Å². The standard InChI is InChI=1S/C40H23N3/c1-41-28-17-19-29(20-18-28)43-36-13-7-6-12-32(36)35-24-27(16-23-37(35)43)38-33-21-14-25-8-2-4-10-30(25)39(33)42-40-31-11-5-3-9-26(31)15-22-34(38)40/h2-24H. The first kappa shape index (κ1) is 23.7. The minimum Gasteiger partial charge on any atom is -0.309 e. The second-order valence-electron chi connectivity index (χ2n) is 11.1. The third-order valence-corrected chi connectivity index (χ3v) is 8.76. The molecule has 0 unspecified atom stereocenters. The van der Waals surface area contributed by atoms with E-state index in [0.717, 1.165) is 49.3 Å². The number of benzene rings is 7. The molecular formula is C40H23N3. The molecule has 0 aliphatic carbocycles. The number of hydrogen-bond donors (Lipinski definition) is 0. The monoisotopic (exact) mass is 545 g/mol. The molecule has 0 aliphatic heterocycles. The summed E-state index contributed by atoms with van der Waals surface area (Å²) in [4.78, 5) is 8.95. The lowest BCUT2D eigenvalue weighted by Crippen LogP contribution is -1.94. The number of hydrogen-bond acceptors (Lipinski definition) is 1. The van der Waals surface area contributed by atoms with Crippen LogP contribution in [0, 0.1) is 6.57 Å². The van der Waals surface area contributed by atoms with Crippen molar-refractivity contribution in [3.05, 3.63) is 151 Å². The fraction of sp³-hybridized carbons (Fsp3) is 0. The summed E-state index contributed by atoms with van der Waals surface area (Å²) >= 11 is 0. The van der Waals surface area contributed by atoms with E-state index in [2.05, 4.69) is 125 Å².